The maximum atomic E-state index is 10.9. The van der Waals surface area contributed by atoms with Crippen molar-refractivity contribution >= 4 is 5.78 Å². The fraction of sp³-hybridized carbons (Fsp3) is 0.538. The lowest BCUT2D eigenvalue weighted by Gasteiger charge is -2.19. The average molecular weight is 220 g/mol. The second kappa shape index (κ2) is 6.38. The van der Waals surface area contributed by atoms with Crippen molar-refractivity contribution in [1.29, 1.82) is 0 Å². The largest absolute Gasteiger partial charge is 0.300 e. The van der Waals surface area contributed by atoms with Crippen LogP contribution < -0.4 is 0 Å². The van der Waals surface area contributed by atoms with E-state index in [1.165, 1.54) is 0 Å². The Labute approximate surface area is 97.5 Å². The number of hydrogen-bond donors (Lipinski definition) is 0. The topological polar surface area (TPSA) is 33.2 Å². The van der Waals surface area contributed by atoms with Crippen LogP contribution in [0.2, 0.25) is 0 Å². The predicted molar refractivity (Wildman–Crippen MR) is 65.2 cm³/mol. The SMILES string of the molecule is CCN(CCC(C)=O)Cc1cccc(C)n1. The van der Waals surface area contributed by atoms with Gasteiger partial charge in [-0.25, -0.2) is 0 Å². The number of Topliss-reactive ketones (excluding diaryl/α,β-unsaturated/α-hetero) is 1. The number of carbonyl (C=O) groups is 1. The van der Waals surface area contributed by atoms with E-state index in [2.05, 4.69) is 16.8 Å². The molecule has 0 atom stereocenters. The summed E-state index contributed by atoms with van der Waals surface area (Å²) in [6, 6.07) is 6.05. The van der Waals surface area contributed by atoms with E-state index in [0.29, 0.717) is 6.42 Å². The van der Waals surface area contributed by atoms with Crippen molar-refractivity contribution in [3.05, 3.63) is 29.6 Å². The number of aryl methyl sites for hydroxylation is 1. The van der Waals surface area contributed by atoms with Crippen LogP contribution in [0.15, 0.2) is 18.2 Å². The quantitative estimate of drug-likeness (QED) is 0.737. The first kappa shape index (κ1) is 12.8. The molecule has 0 aliphatic carbocycles. The molecular formula is C13H20N2O. The molecule has 0 amide bonds. The second-order valence-electron chi connectivity index (χ2n) is 4.09. The molecule has 1 rings (SSSR count). The lowest BCUT2D eigenvalue weighted by atomic mass is 10.2. The Hall–Kier alpha value is -1.22. The highest BCUT2D eigenvalue weighted by molar-refractivity contribution is 5.75. The summed E-state index contributed by atoms with van der Waals surface area (Å²) in [5.74, 6) is 0.246. The number of nitrogens with zero attached hydrogens (tertiary/aromatic N) is 2. The molecule has 0 unspecified atom stereocenters. The Bertz CT molecular complexity index is 350. The van der Waals surface area contributed by atoms with Gasteiger partial charge in [0.05, 0.1) is 5.69 Å². The Kier molecular flexibility index (Phi) is 5.12. The van der Waals surface area contributed by atoms with Gasteiger partial charge >= 0.3 is 0 Å². The van der Waals surface area contributed by atoms with Crippen molar-refractivity contribution in [2.75, 3.05) is 13.1 Å². The first-order valence-electron chi connectivity index (χ1n) is 5.76. The van der Waals surface area contributed by atoms with E-state index in [-0.39, 0.29) is 5.78 Å². The van der Waals surface area contributed by atoms with Crippen LogP contribution in [0, 0.1) is 6.92 Å². The number of ketones is 1. The summed E-state index contributed by atoms with van der Waals surface area (Å²) in [5, 5.41) is 0. The van der Waals surface area contributed by atoms with Crippen LogP contribution in [0.3, 0.4) is 0 Å². The fourth-order valence-corrected chi connectivity index (χ4v) is 1.58. The molecule has 0 spiro atoms. The zero-order chi connectivity index (χ0) is 12.0. The molecule has 0 radical (unpaired) electrons. The van der Waals surface area contributed by atoms with Crippen molar-refractivity contribution in [2.45, 2.75) is 33.7 Å². The van der Waals surface area contributed by atoms with Gasteiger partial charge in [-0.3, -0.25) is 14.7 Å². The molecule has 0 saturated carbocycles. The summed E-state index contributed by atoms with van der Waals surface area (Å²) >= 11 is 0. The molecule has 3 heteroatoms. The fourth-order valence-electron chi connectivity index (χ4n) is 1.58. The minimum Gasteiger partial charge on any atom is -0.300 e. The molecule has 0 N–H and O–H groups in total. The minimum absolute atomic E-state index is 0.246. The standard InChI is InChI=1S/C13H20N2O/c1-4-15(9-8-12(3)16)10-13-7-5-6-11(2)14-13/h5-7H,4,8-10H2,1-3H3. The Morgan fingerprint density at radius 1 is 1.44 bits per heavy atom. The summed E-state index contributed by atoms with van der Waals surface area (Å²) in [6.45, 7) is 8.33. The molecular weight excluding hydrogens is 200 g/mol. The molecule has 0 aliphatic heterocycles. The summed E-state index contributed by atoms with van der Waals surface area (Å²) in [4.78, 5) is 17.6. The molecule has 0 fully saturated rings. The average Bonchev–Trinajstić information content (AvgIpc) is 2.24. The van der Waals surface area contributed by atoms with Crippen molar-refractivity contribution in [3.8, 4) is 0 Å². The number of aromatic nitrogens is 1. The van der Waals surface area contributed by atoms with Crippen molar-refractivity contribution < 1.29 is 4.79 Å². The Morgan fingerprint density at radius 3 is 2.75 bits per heavy atom. The summed E-state index contributed by atoms with van der Waals surface area (Å²) in [7, 11) is 0. The third-order valence-electron chi connectivity index (χ3n) is 2.56. The van der Waals surface area contributed by atoms with Crippen LogP contribution in [0.25, 0.3) is 0 Å². The van der Waals surface area contributed by atoms with Crippen LogP contribution in [0.1, 0.15) is 31.7 Å². The molecule has 0 saturated heterocycles. The van der Waals surface area contributed by atoms with E-state index in [1.54, 1.807) is 6.92 Å². The van der Waals surface area contributed by atoms with Crippen LogP contribution in [0.5, 0.6) is 0 Å². The van der Waals surface area contributed by atoms with Gasteiger partial charge in [0.1, 0.15) is 5.78 Å². The molecule has 1 heterocycles. The van der Waals surface area contributed by atoms with Crippen LogP contribution in [-0.4, -0.2) is 28.8 Å². The highest BCUT2D eigenvalue weighted by atomic mass is 16.1. The van der Waals surface area contributed by atoms with Crippen LogP contribution in [-0.2, 0) is 11.3 Å². The molecule has 3 nitrogen and oxygen atoms in total. The van der Waals surface area contributed by atoms with Gasteiger partial charge in [0, 0.05) is 25.2 Å². The van der Waals surface area contributed by atoms with Gasteiger partial charge in [-0.2, -0.15) is 0 Å². The predicted octanol–water partition coefficient (Wildman–Crippen LogP) is 2.19. The van der Waals surface area contributed by atoms with E-state index in [1.807, 2.05) is 25.1 Å². The highest BCUT2D eigenvalue weighted by Crippen LogP contribution is 2.04. The molecule has 1 aromatic rings. The second-order valence-corrected chi connectivity index (χ2v) is 4.09. The van der Waals surface area contributed by atoms with Gasteiger partial charge in [0.25, 0.3) is 0 Å². The third kappa shape index (κ3) is 4.53. The normalized spacial score (nSPS) is 10.8. The first-order chi connectivity index (χ1) is 7.61. The minimum atomic E-state index is 0.246. The zero-order valence-corrected chi connectivity index (χ0v) is 10.4. The summed E-state index contributed by atoms with van der Waals surface area (Å²) < 4.78 is 0. The Morgan fingerprint density at radius 2 is 2.19 bits per heavy atom. The molecule has 0 aliphatic rings. The van der Waals surface area contributed by atoms with Gasteiger partial charge in [-0.15, -0.1) is 0 Å². The van der Waals surface area contributed by atoms with Gasteiger partial charge in [0.15, 0.2) is 0 Å². The van der Waals surface area contributed by atoms with Gasteiger partial charge < -0.3 is 0 Å². The van der Waals surface area contributed by atoms with E-state index >= 15 is 0 Å². The van der Waals surface area contributed by atoms with E-state index in [4.69, 9.17) is 0 Å². The molecule has 16 heavy (non-hydrogen) atoms. The molecule has 1 aromatic heterocycles. The maximum absolute atomic E-state index is 10.9. The van der Waals surface area contributed by atoms with Crippen LogP contribution >= 0.6 is 0 Å². The van der Waals surface area contributed by atoms with Crippen molar-refractivity contribution in [3.63, 3.8) is 0 Å². The number of pyridine rings is 1. The summed E-state index contributed by atoms with van der Waals surface area (Å²) in [5.41, 5.74) is 2.12. The zero-order valence-electron chi connectivity index (χ0n) is 10.4. The van der Waals surface area contributed by atoms with E-state index in [9.17, 15) is 4.79 Å². The van der Waals surface area contributed by atoms with Gasteiger partial charge in [0.2, 0.25) is 0 Å². The first-order valence-corrected chi connectivity index (χ1v) is 5.76. The van der Waals surface area contributed by atoms with Crippen LogP contribution in [0.4, 0.5) is 0 Å². The van der Waals surface area contributed by atoms with E-state index < -0.39 is 0 Å². The maximum Gasteiger partial charge on any atom is 0.131 e. The Balaban J connectivity index is 2.52. The highest BCUT2D eigenvalue weighted by Gasteiger charge is 2.05. The molecule has 0 bridgehead atoms. The van der Waals surface area contributed by atoms with Crippen molar-refractivity contribution in [1.82, 2.24) is 9.88 Å². The molecule has 0 aromatic carbocycles. The number of carbonyl (C=O) groups excluding carboxylic acids is 1. The monoisotopic (exact) mass is 220 g/mol. The van der Waals surface area contributed by atoms with Gasteiger partial charge in [-0.05, 0) is 32.5 Å². The summed E-state index contributed by atoms with van der Waals surface area (Å²) in [6.07, 6.45) is 0.625. The lowest BCUT2D eigenvalue weighted by Crippen LogP contribution is -2.25. The molecule has 88 valence electrons. The smallest absolute Gasteiger partial charge is 0.131 e. The lowest BCUT2D eigenvalue weighted by molar-refractivity contribution is -0.117. The van der Waals surface area contributed by atoms with Crippen molar-refractivity contribution in [2.24, 2.45) is 0 Å². The van der Waals surface area contributed by atoms with E-state index in [0.717, 1.165) is 31.0 Å². The number of rotatable bonds is 6. The van der Waals surface area contributed by atoms with Gasteiger partial charge in [-0.1, -0.05) is 13.0 Å². The number of hydrogen-bond acceptors (Lipinski definition) is 3. The third-order valence-corrected chi connectivity index (χ3v) is 2.56.